The lowest BCUT2D eigenvalue weighted by Crippen LogP contribution is -2.20. The van der Waals surface area contributed by atoms with Crippen LogP contribution in [0.4, 0.5) is 13.2 Å². The predicted octanol–water partition coefficient (Wildman–Crippen LogP) is 2.49. The maximum Gasteiger partial charge on any atom is 0.422 e. The molecule has 1 aromatic carbocycles. The van der Waals surface area contributed by atoms with Crippen LogP contribution in [0.1, 0.15) is 11.3 Å². The number of aliphatic hydroxyl groups excluding tert-OH is 2. The molecule has 0 aliphatic carbocycles. The molecule has 0 amide bonds. The van der Waals surface area contributed by atoms with Gasteiger partial charge in [0.1, 0.15) is 5.75 Å². The summed E-state index contributed by atoms with van der Waals surface area (Å²) in [5.74, 6) is 0.0958. The van der Waals surface area contributed by atoms with E-state index in [1.807, 2.05) is 18.2 Å². The molecule has 0 radical (unpaired) electrons. The van der Waals surface area contributed by atoms with Crippen molar-refractivity contribution in [3.63, 3.8) is 0 Å². The summed E-state index contributed by atoms with van der Waals surface area (Å²) in [5.41, 5.74) is 2.28. The van der Waals surface area contributed by atoms with Crippen LogP contribution in [0.15, 0.2) is 41.7 Å². The molecular formula is C18H20F3N3O4S. The molecule has 0 bridgehead atoms. The first-order chi connectivity index (χ1) is 13.7. The van der Waals surface area contributed by atoms with Crippen molar-refractivity contribution in [1.82, 2.24) is 15.0 Å². The molecular weight excluding hydrogens is 411 g/mol. The molecule has 158 valence electrons. The molecule has 0 fully saturated rings. The number of halogens is 3. The lowest BCUT2D eigenvalue weighted by molar-refractivity contribution is -0.153. The van der Waals surface area contributed by atoms with Crippen molar-refractivity contribution in [3.8, 4) is 5.75 Å². The fraction of sp³-hybridized carbons (Fsp3) is 0.333. The molecule has 3 rings (SSSR count). The smallest absolute Gasteiger partial charge is 0.422 e. The average molecular weight is 431 g/mol. The highest BCUT2D eigenvalue weighted by molar-refractivity contribution is 7.90. The first-order valence-electron chi connectivity index (χ1n) is 8.44. The van der Waals surface area contributed by atoms with Crippen LogP contribution in [0.5, 0.6) is 5.75 Å². The predicted molar refractivity (Wildman–Crippen MR) is 101 cm³/mol. The summed E-state index contributed by atoms with van der Waals surface area (Å²) in [4.78, 5) is 11.3. The Morgan fingerprint density at radius 2 is 1.86 bits per heavy atom. The molecule has 0 aliphatic rings. The molecule has 0 spiro atoms. The standard InChI is InChI=1S/C16H14F3N3O2S.C2H6O2/c1-10-13(20-7-6-14(10)24-9-16(17,18)19)8-25(23)15-21-11-4-2-3-5-12(11)22-15;3-1-2-4/h2-7H,8-9H2,1H3,(H,21,22);3-4H,1-2H2/t25-;/m1./s1. The zero-order chi connectivity index (χ0) is 21.4. The third-order valence-electron chi connectivity index (χ3n) is 3.60. The second-order valence-corrected chi connectivity index (χ2v) is 7.15. The minimum Gasteiger partial charge on any atom is -0.609 e. The molecule has 7 nitrogen and oxygen atoms in total. The van der Waals surface area contributed by atoms with Crippen LogP contribution in [0.25, 0.3) is 11.0 Å². The van der Waals surface area contributed by atoms with Crippen LogP contribution in [0.2, 0.25) is 0 Å². The molecule has 0 unspecified atom stereocenters. The molecule has 0 saturated carbocycles. The number of aromatic nitrogens is 3. The van der Waals surface area contributed by atoms with Gasteiger partial charge in [-0.15, -0.1) is 0 Å². The van der Waals surface area contributed by atoms with Gasteiger partial charge in [0, 0.05) is 22.9 Å². The second-order valence-electron chi connectivity index (χ2n) is 5.78. The lowest BCUT2D eigenvalue weighted by atomic mass is 10.2. The normalized spacial score (nSPS) is 12.4. The second kappa shape index (κ2) is 10.4. The summed E-state index contributed by atoms with van der Waals surface area (Å²) >= 11 is -1.51. The van der Waals surface area contributed by atoms with Crippen LogP contribution in [-0.4, -0.2) is 55.7 Å². The summed E-state index contributed by atoms with van der Waals surface area (Å²) in [5, 5.41) is 15.5. The van der Waals surface area contributed by atoms with Gasteiger partial charge in [-0.2, -0.15) is 18.2 Å². The van der Waals surface area contributed by atoms with Crippen molar-refractivity contribution in [2.24, 2.45) is 0 Å². The van der Waals surface area contributed by atoms with Gasteiger partial charge in [-0.3, -0.25) is 9.97 Å². The Kier molecular flexibility index (Phi) is 8.26. The first kappa shape index (κ1) is 22.9. The van der Waals surface area contributed by atoms with E-state index < -0.39 is 24.0 Å². The van der Waals surface area contributed by atoms with E-state index in [0.717, 1.165) is 5.52 Å². The number of alkyl halides is 3. The van der Waals surface area contributed by atoms with Crippen LogP contribution >= 0.6 is 0 Å². The highest BCUT2D eigenvalue weighted by Gasteiger charge is 2.29. The summed E-state index contributed by atoms with van der Waals surface area (Å²) in [7, 11) is 0. The van der Waals surface area contributed by atoms with E-state index in [9.17, 15) is 17.7 Å². The Hall–Kier alpha value is -2.34. The number of pyridine rings is 1. The summed E-state index contributed by atoms with van der Waals surface area (Å²) in [6, 6.07) is 8.62. The van der Waals surface area contributed by atoms with Crippen LogP contribution in [-0.2, 0) is 16.9 Å². The minimum atomic E-state index is -4.42. The summed E-state index contributed by atoms with van der Waals surface area (Å²) in [6.45, 7) is -0.0478. The fourth-order valence-corrected chi connectivity index (χ4v) is 3.35. The molecule has 2 heterocycles. The van der Waals surface area contributed by atoms with E-state index in [4.69, 9.17) is 14.9 Å². The van der Waals surface area contributed by atoms with Crippen LogP contribution in [0, 0.1) is 6.92 Å². The Labute approximate surface area is 167 Å². The molecule has 0 saturated heterocycles. The van der Waals surface area contributed by atoms with Crippen molar-refractivity contribution < 1.29 is 32.7 Å². The van der Waals surface area contributed by atoms with Gasteiger partial charge in [0.05, 0.1) is 29.9 Å². The van der Waals surface area contributed by atoms with Crippen molar-refractivity contribution in [2.45, 2.75) is 24.0 Å². The third kappa shape index (κ3) is 6.89. The number of hydrogen-bond donors (Lipinski definition) is 3. The molecule has 29 heavy (non-hydrogen) atoms. The maximum atomic E-state index is 12.5. The van der Waals surface area contributed by atoms with Crippen LogP contribution in [0.3, 0.4) is 0 Å². The van der Waals surface area contributed by atoms with E-state index in [1.54, 1.807) is 13.0 Å². The SMILES string of the molecule is Cc1c(OCC(F)(F)F)ccnc1C[S@@+]([O-])c1nc2ccccc2[nH]1.OCCO. The van der Waals surface area contributed by atoms with E-state index in [1.165, 1.54) is 12.3 Å². The molecule has 2 aromatic heterocycles. The Bertz CT molecular complexity index is 886. The average Bonchev–Trinajstić information content (AvgIpc) is 3.12. The quantitative estimate of drug-likeness (QED) is 0.517. The number of fused-ring (bicyclic) bond motifs is 1. The van der Waals surface area contributed by atoms with Gasteiger partial charge < -0.3 is 19.5 Å². The molecule has 1 atom stereocenters. The van der Waals surface area contributed by atoms with Gasteiger partial charge in [-0.05, 0) is 25.1 Å². The van der Waals surface area contributed by atoms with Crippen molar-refractivity contribution in [3.05, 3.63) is 47.8 Å². The van der Waals surface area contributed by atoms with Gasteiger partial charge >= 0.3 is 11.3 Å². The summed E-state index contributed by atoms with van der Waals surface area (Å²) in [6.07, 6.45) is -3.09. The van der Waals surface area contributed by atoms with Gasteiger partial charge in [0.25, 0.3) is 0 Å². The Morgan fingerprint density at radius 1 is 1.17 bits per heavy atom. The number of rotatable bonds is 6. The van der Waals surface area contributed by atoms with Gasteiger partial charge in [0.15, 0.2) is 12.4 Å². The highest BCUT2D eigenvalue weighted by atomic mass is 32.2. The third-order valence-corrected chi connectivity index (χ3v) is 4.76. The van der Waals surface area contributed by atoms with Gasteiger partial charge in [0.2, 0.25) is 0 Å². The fourth-order valence-electron chi connectivity index (χ4n) is 2.25. The largest absolute Gasteiger partial charge is 0.609 e. The maximum absolute atomic E-state index is 12.5. The van der Waals surface area contributed by atoms with E-state index in [-0.39, 0.29) is 24.7 Å². The monoisotopic (exact) mass is 431 g/mol. The number of imidazole rings is 1. The van der Waals surface area contributed by atoms with Crippen LogP contribution < -0.4 is 4.74 Å². The number of nitrogens with zero attached hydrogens (tertiary/aromatic N) is 2. The topological polar surface area (TPSA) is 114 Å². The Balaban J connectivity index is 0.000000687. The molecule has 11 heteroatoms. The Morgan fingerprint density at radius 3 is 2.48 bits per heavy atom. The summed E-state index contributed by atoms with van der Waals surface area (Å²) < 4.78 is 54.2. The first-order valence-corrected chi connectivity index (χ1v) is 9.76. The van der Waals surface area contributed by atoms with E-state index in [0.29, 0.717) is 21.9 Å². The highest BCUT2D eigenvalue weighted by Crippen LogP contribution is 2.25. The van der Waals surface area contributed by atoms with Crippen molar-refractivity contribution in [2.75, 3.05) is 19.8 Å². The molecule has 3 aromatic rings. The number of aliphatic hydroxyl groups is 2. The van der Waals surface area contributed by atoms with Gasteiger partial charge in [-0.25, -0.2) is 0 Å². The minimum absolute atomic E-state index is 0.0227. The number of aromatic amines is 1. The number of para-hydroxylation sites is 2. The molecule has 3 N–H and O–H groups in total. The van der Waals surface area contributed by atoms with Gasteiger partial charge in [-0.1, -0.05) is 12.1 Å². The number of hydrogen-bond acceptors (Lipinski definition) is 6. The molecule has 0 aliphatic heterocycles. The van der Waals surface area contributed by atoms with Crippen molar-refractivity contribution in [1.29, 1.82) is 0 Å². The van der Waals surface area contributed by atoms with E-state index >= 15 is 0 Å². The number of nitrogens with one attached hydrogen (secondary N) is 1. The number of ether oxygens (including phenoxy) is 1. The number of benzene rings is 1. The lowest BCUT2D eigenvalue weighted by Gasteiger charge is -2.14. The number of H-pyrrole nitrogens is 1. The van der Waals surface area contributed by atoms with E-state index in [2.05, 4.69) is 15.0 Å². The van der Waals surface area contributed by atoms with Crippen molar-refractivity contribution >= 4 is 22.2 Å². The zero-order valence-corrected chi connectivity index (χ0v) is 16.3. The zero-order valence-electron chi connectivity index (χ0n) is 15.4.